The molecule has 3 aromatic carbocycles. The average molecular weight is 1540 g/mol. The molecule has 25 heteroatoms. The lowest BCUT2D eigenvalue weighted by atomic mass is 9.71. The number of carboxylic acid groups (broad SMARTS) is 1. The molecule has 4 unspecified atom stereocenters. The Morgan fingerprint density at radius 3 is 1.55 bits per heavy atom. The van der Waals surface area contributed by atoms with Gasteiger partial charge in [-0.05, 0) is 122 Å². The molecule has 0 spiro atoms. The van der Waals surface area contributed by atoms with Gasteiger partial charge in [0.2, 0.25) is 22.8 Å². The second-order valence-electron chi connectivity index (χ2n) is 29.3. The van der Waals surface area contributed by atoms with Crippen LogP contribution in [0.2, 0.25) is 0 Å². The number of benzene rings is 3. The third-order valence-electron chi connectivity index (χ3n) is 22.9. The predicted octanol–water partition coefficient (Wildman–Crippen LogP) is 8.34. The van der Waals surface area contributed by atoms with E-state index < -0.39 is 41.3 Å². The number of nitrogens with zero attached hydrogens (tertiary/aromatic N) is 3. The maximum absolute atomic E-state index is 13.0. The molecule has 556 valence electrons. The third kappa shape index (κ3) is 17.5. The van der Waals surface area contributed by atoms with E-state index in [1.54, 1.807) is 32.6 Å². The molecule has 9 aliphatic heterocycles. The first-order valence-corrected chi connectivity index (χ1v) is 40.1. The molecule has 0 saturated carbocycles. The Morgan fingerprint density at radius 2 is 1.04 bits per heavy atom. The molecule has 9 heterocycles. The van der Waals surface area contributed by atoms with Crippen molar-refractivity contribution in [3.8, 4) is 0 Å². The van der Waals surface area contributed by atoms with Crippen molar-refractivity contribution in [1.29, 1.82) is 0 Å². The van der Waals surface area contributed by atoms with Crippen LogP contribution in [-0.2, 0) is 92.6 Å². The van der Waals surface area contributed by atoms with E-state index in [0.29, 0.717) is 62.0 Å². The highest BCUT2D eigenvalue weighted by atomic mass is 79.9. The normalized spacial score (nSPS) is 31.2. The molecule has 101 heavy (non-hydrogen) atoms. The summed E-state index contributed by atoms with van der Waals surface area (Å²) in [6.45, 7) is 27.1. The number of hydrogen-bond acceptors (Lipinski definition) is 17. The summed E-state index contributed by atoms with van der Waals surface area (Å²) in [5.74, 6) is 2.20. The summed E-state index contributed by atoms with van der Waals surface area (Å²) in [6, 6.07) is 30.4. The van der Waals surface area contributed by atoms with Crippen LogP contribution in [0.3, 0.4) is 0 Å². The molecular formula is C76H106BrN5O15S4. The minimum atomic E-state index is -0.883. The van der Waals surface area contributed by atoms with E-state index in [1.165, 1.54) is 41.7 Å². The monoisotopic (exact) mass is 1540 g/mol. The first-order chi connectivity index (χ1) is 47.4. The van der Waals surface area contributed by atoms with Crippen LogP contribution in [0.25, 0.3) is 0 Å². The fourth-order valence-electron chi connectivity index (χ4n) is 16.3. The lowest BCUT2D eigenvalue weighted by molar-refractivity contribution is -0.162. The molecule has 12 atom stereocenters. The van der Waals surface area contributed by atoms with Crippen LogP contribution < -0.4 is 27.6 Å². The summed E-state index contributed by atoms with van der Waals surface area (Å²) >= 11 is 5.10. The topological polar surface area (TPSA) is 262 Å². The number of carbonyl (C=O) groups is 10. The number of likely N-dealkylation sites (tertiary alicyclic amines) is 3. The third-order valence-corrected chi connectivity index (χ3v) is 31.4. The minimum absolute atomic E-state index is 0. The Hall–Kier alpha value is -5.76. The van der Waals surface area contributed by atoms with E-state index >= 15 is 0 Å². The highest BCUT2D eigenvalue weighted by Gasteiger charge is 2.74. The van der Waals surface area contributed by atoms with Gasteiger partial charge >= 0.3 is 35.9 Å². The number of amides is 5. The van der Waals surface area contributed by atoms with Crippen molar-refractivity contribution in [2.24, 2.45) is 22.2 Å². The molecule has 0 aliphatic carbocycles. The van der Waals surface area contributed by atoms with E-state index in [2.05, 4.69) is 115 Å². The van der Waals surface area contributed by atoms with E-state index in [1.807, 2.05) is 85.0 Å². The number of ether oxygens (including phenoxy) is 4. The molecular weight excluding hydrogens is 1430 g/mol. The Balaban J connectivity index is 0.000000184. The van der Waals surface area contributed by atoms with Crippen LogP contribution in [-0.4, -0.2) is 177 Å². The van der Waals surface area contributed by atoms with E-state index in [9.17, 15) is 47.9 Å². The number of carboxylic acids is 1. The van der Waals surface area contributed by atoms with Crippen LogP contribution in [0.15, 0.2) is 91.0 Å². The number of carbonyl (C=O) groups excluding carboxylic acids is 9. The first kappa shape index (κ1) is 82.5. The predicted molar refractivity (Wildman–Crippen MR) is 393 cm³/mol. The van der Waals surface area contributed by atoms with Gasteiger partial charge in [-0.3, -0.25) is 43.2 Å². The number of rotatable bonds is 22. The number of esters is 4. The SMILES string of the molecule is CCOC(=O)C(CCCC1SC[C@]2(C)CC(=O)N(Cc3ccccc3)[C@]12C)C(=O)OCC.CCOC(=O)CC(=O)OCC.C[C@@]12CC(=O)N(Cc3ccccc3)[C@]1(C)C1CCC[S+]1C2.C[C@]12CSC(=O)[C@@]1(C)N(Cc1ccccc1)C(=O)C2.C[C@]12CSC(CCCC(=O)O)[C@@]1(C)NC(=O)N2.[Br-]. The lowest BCUT2D eigenvalue weighted by Crippen LogP contribution is -3.00. The first-order valence-electron chi connectivity index (χ1n) is 35.4. The molecule has 0 aromatic heterocycles. The van der Waals surface area contributed by atoms with E-state index in [0.717, 1.165) is 59.4 Å². The number of hydrogen-bond donors (Lipinski definition) is 3. The zero-order chi connectivity index (χ0) is 73.1. The Kier molecular flexibility index (Phi) is 28.5. The van der Waals surface area contributed by atoms with Gasteiger partial charge in [0.1, 0.15) is 28.7 Å². The fourth-order valence-corrected chi connectivity index (χ4v) is 25.7. The van der Waals surface area contributed by atoms with Gasteiger partial charge in [-0.25, -0.2) is 4.79 Å². The van der Waals surface area contributed by atoms with Crippen molar-refractivity contribution in [2.45, 2.75) is 223 Å². The molecule has 0 radical (unpaired) electrons. The largest absolute Gasteiger partial charge is 1.00 e. The van der Waals surface area contributed by atoms with Crippen molar-refractivity contribution in [1.82, 2.24) is 25.3 Å². The molecule has 3 aromatic rings. The molecule has 9 saturated heterocycles. The van der Waals surface area contributed by atoms with Crippen molar-refractivity contribution in [3.05, 3.63) is 108 Å². The average Bonchev–Trinajstić information content (AvgIpc) is 1.55. The van der Waals surface area contributed by atoms with Crippen LogP contribution in [0.1, 0.15) is 177 Å². The van der Waals surface area contributed by atoms with Gasteiger partial charge in [0.15, 0.2) is 5.92 Å². The van der Waals surface area contributed by atoms with E-state index in [4.69, 9.17) is 14.6 Å². The highest BCUT2D eigenvalue weighted by molar-refractivity contribution is 8.14. The second kappa shape index (κ2) is 34.9. The number of thioether (sulfide) groups is 3. The van der Waals surface area contributed by atoms with Crippen LogP contribution in [0.5, 0.6) is 0 Å². The molecule has 9 aliphatic rings. The fraction of sp³-hybridized carbons (Fsp3) is 0.632. The van der Waals surface area contributed by atoms with Crippen LogP contribution >= 0.6 is 35.3 Å². The lowest BCUT2D eigenvalue weighted by Gasteiger charge is -2.44. The second-order valence-corrected chi connectivity index (χ2v) is 35.0. The van der Waals surface area contributed by atoms with Gasteiger partial charge < -0.3 is 66.4 Å². The van der Waals surface area contributed by atoms with E-state index in [-0.39, 0.29) is 128 Å². The number of fused-ring (bicyclic) bond motifs is 6. The van der Waals surface area contributed by atoms with Gasteiger partial charge in [-0.1, -0.05) is 130 Å². The van der Waals surface area contributed by atoms with Crippen LogP contribution in [0.4, 0.5) is 4.79 Å². The van der Waals surface area contributed by atoms with Crippen molar-refractivity contribution in [2.75, 3.05) is 55.2 Å². The highest BCUT2D eigenvalue weighted by Crippen LogP contribution is 2.62. The molecule has 9 fully saturated rings. The van der Waals surface area contributed by atoms with Gasteiger partial charge in [-0.2, -0.15) is 23.5 Å². The Labute approximate surface area is 623 Å². The standard InChI is InChI=1S/C25H35NO5S.C18H24NOS.C15H17NO2S.C11H18N2O3S.C7H12O4.BrH/c1-5-30-22(28)19(23(29)31-6-2)13-10-14-20-25(4)24(3,17-32-20)15-21(27)26(25)16-18-11-8-7-9-12-18;1-17-11-16(20)19(12-14-7-4-3-5-8-14)18(17,2)15-9-6-10-21(15)13-17;1-14-8-12(17)16(9-11-6-4-3-5-7-11)15(14,2)13(18)19-10-14;1-10-6-17-7(4-3-5-8(14)15)11(10,2)13-9(16)12-10;1-3-10-6(8)5-7(9)11-4-2;/h7-9,11-12,19-20H,5-6,10,13-17H2,1-4H3;3-5,7-8,15H,6,9-13H2,1-2H3;3-7H,8-10H2,1-2H3;7H,3-6H2,1-2H3,(H,14,15)(H2,12,13,16);3-5H2,1-2H3;1H/q;+1;;;;/p-1/t20?,24-,25+;15?,17-,18+,21?;14-,15+;7?,10-,11+;;/m0000../s1. The van der Waals surface area contributed by atoms with Crippen molar-refractivity contribution < 1.29 is 89.0 Å². The summed E-state index contributed by atoms with van der Waals surface area (Å²) in [6.07, 6.45) is 7.81. The summed E-state index contributed by atoms with van der Waals surface area (Å²) in [5.41, 5.74) is 2.04. The summed E-state index contributed by atoms with van der Waals surface area (Å²) in [5, 5.41) is 16.0. The number of urea groups is 1. The number of halogens is 1. The van der Waals surface area contributed by atoms with Gasteiger partial charge in [0, 0.05) is 95.7 Å². The minimum Gasteiger partial charge on any atom is -1.00 e. The van der Waals surface area contributed by atoms with Crippen LogP contribution in [0, 0.1) is 22.2 Å². The van der Waals surface area contributed by atoms with Gasteiger partial charge in [-0.15, -0.1) is 0 Å². The quantitative estimate of drug-likeness (QED) is 0.0281. The smallest absolute Gasteiger partial charge is 0.320 e. The maximum atomic E-state index is 13.0. The summed E-state index contributed by atoms with van der Waals surface area (Å²) in [4.78, 5) is 124. The Bertz CT molecular complexity index is 3410. The number of aliphatic carboxylic acids is 1. The molecule has 12 rings (SSSR count). The molecule has 3 N–H and O–H groups in total. The zero-order valence-corrected chi connectivity index (χ0v) is 65.8. The van der Waals surface area contributed by atoms with Crippen molar-refractivity contribution in [3.63, 3.8) is 0 Å². The number of nitrogens with one attached hydrogen (secondary N) is 2. The maximum Gasteiger partial charge on any atom is 0.320 e. The summed E-state index contributed by atoms with van der Waals surface area (Å²) in [7, 11) is 0.557. The van der Waals surface area contributed by atoms with Gasteiger partial charge in [0.25, 0.3) is 0 Å². The molecule has 5 amide bonds. The molecule has 0 bridgehead atoms. The van der Waals surface area contributed by atoms with Crippen molar-refractivity contribution >= 4 is 105 Å². The zero-order valence-electron chi connectivity index (χ0n) is 61.0. The summed E-state index contributed by atoms with van der Waals surface area (Å²) < 4.78 is 19.2. The van der Waals surface area contributed by atoms with Gasteiger partial charge in [0.05, 0.1) is 48.6 Å². The molecule has 20 nitrogen and oxygen atoms in total. The Morgan fingerprint density at radius 1 is 0.574 bits per heavy atom.